The molecule has 0 saturated heterocycles. The Morgan fingerprint density at radius 3 is 2.43 bits per heavy atom. The van der Waals surface area contributed by atoms with Gasteiger partial charge in [-0.3, -0.25) is 0 Å². The van der Waals surface area contributed by atoms with Gasteiger partial charge in [-0.05, 0) is 12.5 Å². The highest BCUT2D eigenvalue weighted by molar-refractivity contribution is 5.94. The maximum atomic E-state index is 11.2. The zero-order chi connectivity index (χ0) is 15.4. The van der Waals surface area contributed by atoms with Crippen LogP contribution in [0.2, 0.25) is 0 Å². The largest absolute Gasteiger partial charge is 0.493 e. The van der Waals surface area contributed by atoms with Gasteiger partial charge in [-0.15, -0.1) is 0 Å². The topological polar surface area (TPSA) is 81.8 Å². The Balaban J connectivity index is 2.34. The molecular weight excluding hydrogens is 270 g/mol. The van der Waals surface area contributed by atoms with Crippen molar-refractivity contribution < 1.29 is 19.4 Å². The van der Waals surface area contributed by atoms with Crippen LogP contribution in [0.5, 0.6) is 11.5 Å². The van der Waals surface area contributed by atoms with Gasteiger partial charge in [0.05, 0.1) is 18.4 Å². The van der Waals surface area contributed by atoms with Gasteiger partial charge < -0.3 is 20.3 Å². The second kappa shape index (κ2) is 6.17. The Hall–Kier alpha value is -2.69. The van der Waals surface area contributed by atoms with Crippen LogP contribution in [0, 0.1) is 0 Å². The first-order valence-electron chi connectivity index (χ1n) is 6.45. The van der Waals surface area contributed by atoms with Gasteiger partial charge in [-0.25, -0.2) is 4.79 Å². The van der Waals surface area contributed by atoms with E-state index >= 15 is 0 Å². The van der Waals surface area contributed by atoms with Crippen molar-refractivity contribution in [2.75, 3.05) is 12.8 Å². The van der Waals surface area contributed by atoms with Gasteiger partial charge in [0.25, 0.3) is 0 Å². The summed E-state index contributed by atoms with van der Waals surface area (Å²) in [4.78, 5) is 11.2. The first kappa shape index (κ1) is 14.7. The van der Waals surface area contributed by atoms with E-state index in [2.05, 4.69) is 0 Å². The lowest BCUT2D eigenvalue weighted by Crippen LogP contribution is -2.07. The number of nitrogens with two attached hydrogens (primary N) is 1. The number of rotatable bonds is 5. The fourth-order valence-corrected chi connectivity index (χ4v) is 2.00. The Morgan fingerprint density at radius 2 is 1.86 bits per heavy atom. The molecule has 5 heteroatoms. The van der Waals surface area contributed by atoms with Gasteiger partial charge in [-0.2, -0.15) is 0 Å². The zero-order valence-electron chi connectivity index (χ0n) is 11.9. The van der Waals surface area contributed by atoms with Crippen molar-refractivity contribution in [3.05, 3.63) is 53.6 Å². The minimum Gasteiger partial charge on any atom is -0.493 e. The summed E-state index contributed by atoms with van der Waals surface area (Å²) in [6.45, 7) is 1.88. The van der Waals surface area contributed by atoms with Crippen molar-refractivity contribution in [3.63, 3.8) is 0 Å². The van der Waals surface area contributed by atoms with Crippen LogP contribution in [0.1, 0.15) is 28.9 Å². The molecule has 2 aromatic carbocycles. The zero-order valence-corrected chi connectivity index (χ0v) is 11.9. The lowest BCUT2D eigenvalue weighted by atomic mass is 10.1. The molecule has 0 aliphatic rings. The van der Waals surface area contributed by atoms with E-state index in [0.29, 0.717) is 11.5 Å². The average Bonchev–Trinajstić information content (AvgIpc) is 2.49. The summed E-state index contributed by atoms with van der Waals surface area (Å²) < 4.78 is 11.0. The molecule has 2 rings (SSSR count). The first-order valence-corrected chi connectivity index (χ1v) is 6.45. The molecule has 0 spiro atoms. The van der Waals surface area contributed by atoms with E-state index in [9.17, 15) is 4.79 Å². The molecule has 0 amide bonds. The van der Waals surface area contributed by atoms with Gasteiger partial charge in [0.2, 0.25) is 0 Å². The Morgan fingerprint density at radius 1 is 1.19 bits per heavy atom. The number of anilines is 1. The highest BCUT2D eigenvalue weighted by Gasteiger charge is 2.17. The van der Waals surface area contributed by atoms with E-state index in [4.69, 9.17) is 20.3 Å². The van der Waals surface area contributed by atoms with Crippen LogP contribution in [-0.4, -0.2) is 18.2 Å². The third kappa shape index (κ3) is 3.25. The van der Waals surface area contributed by atoms with E-state index in [1.807, 2.05) is 37.3 Å². The maximum Gasteiger partial charge on any atom is 0.337 e. The molecule has 0 aliphatic carbocycles. The monoisotopic (exact) mass is 287 g/mol. The Labute approximate surface area is 122 Å². The summed E-state index contributed by atoms with van der Waals surface area (Å²) >= 11 is 0. The summed E-state index contributed by atoms with van der Waals surface area (Å²) in [6, 6.07) is 12.5. The highest BCUT2D eigenvalue weighted by Crippen LogP contribution is 2.35. The lowest BCUT2D eigenvalue weighted by Gasteiger charge is -2.18. The smallest absolute Gasteiger partial charge is 0.337 e. The molecule has 0 aromatic heterocycles. The minimum absolute atomic E-state index is 0.00828. The highest BCUT2D eigenvalue weighted by atomic mass is 16.5. The molecule has 1 atom stereocenters. The fraction of sp³-hybridized carbons (Fsp3) is 0.188. The summed E-state index contributed by atoms with van der Waals surface area (Å²) in [6.07, 6.45) is -0.245. The molecule has 0 fully saturated rings. The molecule has 110 valence electrons. The normalized spacial score (nSPS) is 11.7. The number of carboxylic acid groups (broad SMARTS) is 1. The molecule has 5 nitrogen and oxygen atoms in total. The molecule has 0 saturated carbocycles. The second-order valence-corrected chi connectivity index (χ2v) is 4.57. The third-order valence-electron chi connectivity index (χ3n) is 3.14. The predicted octanol–water partition coefficient (Wildman–Crippen LogP) is 3.12. The van der Waals surface area contributed by atoms with Gasteiger partial charge in [0.1, 0.15) is 6.10 Å². The van der Waals surface area contributed by atoms with E-state index in [0.717, 1.165) is 5.56 Å². The van der Waals surface area contributed by atoms with Gasteiger partial charge in [0.15, 0.2) is 11.5 Å². The van der Waals surface area contributed by atoms with Crippen LogP contribution in [0.3, 0.4) is 0 Å². The molecule has 0 heterocycles. The fourth-order valence-electron chi connectivity index (χ4n) is 2.00. The van der Waals surface area contributed by atoms with Gasteiger partial charge in [-0.1, -0.05) is 30.3 Å². The summed E-state index contributed by atoms with van der Waals surface area (Å²) in [5.74, 6) is -0.354. The lowest BCUT2D eigenvalue weighted by molar-refractivity contribution is 0.0697. The predicted molar refractivity (Wildman–Crippen MR) is 79.9 cm³/mol. The van der Waals surface area contributed by atoms with Crippen molar-refractivity contribution in [1.29, 1.82) is 0 Å². The summed E-state index contributed by atoms with van der Waals surface area (Å²) in [5, 5.41) is 9.13. The van der Waals surface area contributed by atoms with Gasteiger partial charge in [0, 0.05) is 12.1 Å². The number of ether oxygens (including phenoxy) is 2. The quantitative estimate of drug-likeness (QED) is 0.826. The van der Waals surface area contributed by atoms with Crippen molar-refractivity contribution in [1.82, 2.24) is 0 Å². The standard InChI is InChI=1S/C16H17NO4/c1-10(11-6-4-3-5-7-11)21-15-8-12(16(18)19)13(17)9-14(15)20-2/h3-10H,17H2,1-2H3,(H,18,19). The Bertz CT molecular complexity index is 640. The number of hydrogen-bond donors (Lipinski definition) is 2. The van der Waals surface area contributed by atoms with Crippen LogP contribution in [-0.2, 0) is 0 Å². The molecule has 0 bridgehead atoms. The van der Waals surface area contributed by atoms with E-state index in [1.165, 1.54) is 19.2 Å². The third-order valence-corrected chi connectivity index (χ3v) is 3.14. The Kier molecular flexibility index (Phi) is 4.33. The molecule has 1 unspecified atom stereocenters. The average molecular weight is 287 g/mol. The molecule has 0 radical (unpaired) electrons. The van der Waals surface area contributed by atoms with Crippen molar-refractivity contribution >= 4 is 11.7 Å². The molecule has 3 N–H and O–H groups in total. The second-order valence-electron chi connectivity index (χ2n) is 4.57. The number of benzene rings is 2. The van der Waals surface area contributed by atoms with Crippen LogP contribution < -0.4 is 15.2 Å². The summed E-state index contributed by atoms with van der Waals surface area (Å²) in [5.41, 5.74) is 6.80. The molecular formula is C16H17NO4. The van der Waals surface area contributed by atoms with E-state index < -0.39 is 5.97 Å². The SMILES string of the molecule is COc1cc(N)c(C(=O)O)cc1OC(C)c1ccccc1. The number of hydrogen-bond acceptors (Lipinski definition) is 4. The number of carbonyl (C=O) groups is 1. The van der Waals surface area contributed by atoms with Crippen LogP contribution in [0.15, 0.2) is 42.5 Å². The number of nitrogen functional groups attached to an aromatic ring is 1. The van der Waals surface area contributed by atoms with Crippen molar-refractivity contribution in [2.24, 2.45) is 0 Å². The van der Waals surface area contributed by atoms with Crippen molar-refractivity contribution in [3.8, 4) is 11.5 Å². The minimum atomic E-state index is -1.10. The number of methoxy groups -OCH3 is 1. The van der Waals surface area contributed by atoms with E-state index in [-0.39, 0.29) is 17.4 Å². The maximum absolute atomic E-state index is 11.2. The van der Waals surface area contributed by atoms with Gasteiger partial charge >= 0.3 is 5.97 Å². The number of carboxylic acids is 1. The van der Waals surface area contributed by atoms with E-state index in [1.54, 1.807) is 0 Å². The van der Waals surface area contributed by atoms with Crippen LogP contribution in [0.25, 0.3) is 0 Å². The van der Waals surface area contributed by atoms with Crippen LogP contribution in [0.4, 0.5) is 5.69 Å². The molecule has 0 aliphatic heterocycles. The molecule has 2 aromatic rings. The molecule has 21 heavy (non-hydrogen) atoms. The van der Waals surface area contributed by atoms with Crippen LogP contribution >= 0.6 is 0 Å². The first-order chi connectivity index (χ1) is 10.0. The number of aromatic carboxylic acids is 1. The summed E-state index contributed by atoms with van der Waals surface area (Å²) in [7, 11) is 1.48. The van der Waals surface area contributed by atoms with Crippen molar-refractivity contribution in [2.45, 2.75) is 13.0 Å².